The van der Waals surface area contributed by atoms with Crippen LogP contribution in [-0.2, 0) is 4.74 Å². The smallest absolute Gasteiger partial charge is 0.268 e. The van der Waals surface area contributed by atoms with Crippen LogP contribution in [-0.4, -0.2) is 54.2 Å². The number of carbonyl (C=O) groups is 1. The van der Waals surface area contributed by atoms with Crippen molar-refractivity contribution < 1.29 is 9.53 Å². The minimum Gasteiger partial charge on any atom is -0.378 e. The largest absolute Gasteiger partial charge is 0.378 e. The minimum atomic E-state index is -0.266. The molecular weight excluding hydrogens is 270 g/mol. The molecule has 6 heteroatoms. The van der Waals surface area contributed by atoms with Crippen LogP contribution in [0.2, 0.25) is 0 Å². The van der Waals surface area contributed by atoms with Crippen LogP contribution < -0.4 is 10.9 Å². The minimum absolute atomic E-state index is 0.0145. The Kier molecular flexibility index (Phi) is 4.36. The number of carbonyl (C=O) groups excluding carboxylic acids is 1. The van der Waals surface area contributed by atoms with Gasteiger partial charge in [-0.2, -0.15) is 0 Å². The molecule has 2 saturated heterocycles. The number of H-pyrrole nitrogens is 1. The summed E-state index contributed by atoms with van der Waals surface area (Å²) < 4.78 is 5.56. The lowest BCUT2D eigenvalue weighted by Crippen LogP contribution is -2.52. The molecule has 2 aliphatic heterocycles. The van der Waals surface area contributed by atoms with Crippen molar-refractivity contribution in [2.75, 3.05) is 26.3 Å². The summed E-state index contributed by atoms with van der Waals surface area (Å²) in [4.78, 5) is 28.5. The van der Waals surface area contributed by atoms with Crippen molar-refractivity contribution in [2.45, 2.75) is 31.3 Å². The number of ether oxygens (including phenoxy) is 1. The number of aromatic nitrogens is 1. The molecule has 0 unspecified atom stereocenters. The van der Waals surface area contributed by atoms with Gasteiger partial charge in [0.15, 0.2) is 0 Å². The normalized spacial score (nSPS) is 26.7. The third-order valence-electron chi connectivity index (χ3n) is 4.24. The van der Waals surface area contributed by atoms with Gasteiger partial charge < -0.3 is 15.0 Å². The fourth-order valence-corrected chi connectivity index (χ4v) is 3.12. The van der Waals surface area contributed by atoms with E-state index in [4.69, 9.17) is 4.74 Å². The van der Waals surface area contributed by atoms with Gasteiger partial charge in [0.2, 0.25) is 5.56 Å². The van der Waals surface area contributed by atoms with Crippen molar-refractivity contribution in [3.63, 3.8) is 0 Å². The van der Waals surface area contributed by atoms with Gasteiger partial charge in [0, 0.05) is 6.07 Å². The number of hydrogen-bond donors (Lipinski definition) is 2. The van der Waals surface area contributed by atoms with Gasteiger partial charge >= 0.3 is 0 Å². The van der Waals surface area contributed by atoms with Gasteiger partial charge in [-0.1, -0.05) is 12.5 Å². The van der Waals surface area contributed by atoms with E-state index < -0.39 is 0 Å². The molecule has 6 nitrogen and oxygen atoms in total. The highest BCUT2D eigenvalue weighted by Gasteiger charge is 2.34. The lowest BCUT2D eigenvalue weighted by molar-refractivity contribution is 0.0894. The molecule has 114 valence electrons. The molecule has 1 aromatic heterocycles. The summed E-state index contributed by atoms with van der Waals surface area (Å²) in [5, 5.41) is 2.99. The summed E-state index contributed by atoms with van der Waals surface area (Å²) in [5.74, 6) is -0.245. The van der Waals surface area contributed by atoms with Crippen LogP contribution in [0.5, 0.6) is 0 Å². The summed E-state index contributed by atoms with van der Waals surface area (Å²) in [5.41, 5.74) is 0.0321. The Morgan fingerprint density at radius 2 is 2.05 bits per heavy atom. The first kappa shape index (κ1) is 14.3. The summed E-state index contributed by atoms with van der Waals surface area (Å²) in [6.45, 7) is 3.34. The van der Waals surface area contributed by atoms with E-state index >= 15 is 0 Å². The Hall–Kier alpha value is -1.66. The lowest BCUT2D eigenvalue weighted by atomic mass is 10.0. The van der Waals surface area contributed by atoms with E-state index in [9.17, 15) is 9.59 Å². The molecule has 0 aromatic carbocycles. The number of nitrogens with zero attached hydrogens (tertiary/aromatic N) is 1. The zero-order valence-electron chi connectivity index (χ0n) is 12.0. The molecule has 1 aromatic rings. The molecular formula is C15H21N3O3. The molecule has 2 aliphatic rings. The molecule has 0 spiro atoms. The van der Waals surface area contributed by atoms with Crippen molar-refractivity contribution in [1.82, 2.24) is 15.2 Å². The second-order valence-corrected chi connectivity index (χ2v) is 5.71. The fourth-order valence-electron chi connectivity index (χ4n) is 3.12. The average molecular weight is 291 g/mol. The quantitative estimate of drug-likeness (QED) is 0.843. The van der Waals surface area contributed by atoms with Crippen molar-refractivity contribution in [2.24, 2.45) is 0 Å². The number of rotatable bonds is 3. The monoisotopic (exact) mass is 291 g/mol. The van der Waals surface area contributed by atoms with Crippen LogP contribution in [0.1, 0.15) is 29.8 Å². The van der Waals surface area contributed by atoms with Crippen LogP contribution in [0, 0.1) is 0 Å². The molecule has 2 fully saturated rings. The van der Waals surface area contributed by atoms with E-state index in [0.717, 1.165) is 13.1 Å². The molecule has 21 heavy (non-hydrogen) atoms. The zero-order valence-corrected chi connectivity index (χ0v) is 12.0. The van der Waals surface area contributed by atoms with E-state index in [-0.39, 0.29) is 23.6 Å². The first-order valence-corrected chi connectivity index (χ1v) is 7.56. The molecule has 3 rings (SSSR count). The summed E-state index contributed by atoms with van der Waals surface area (Å²) >= 11 is 0. The lowest BCUT2D eigenvalue weighted by Gasteiger charge is -2.34. The van der Waals surface area contributed by atoms with Gasteiger partial charge in [-0.15, -0.1) is 0 Å². The first-order valence-electron chi connectivity index (χ1n) is 7.56. The third-order valence-corrected chi connectivity index (χ3v) is 4.24. The van der Waals surface area contributed by atoms with E-state index in [1.807, 2.05) is 0 Å². The average Bonchev–Trinajstić information content (AvgIpc) is 2.96. The Labute approximate surface area is 123 Å². The van der Waals surface area contributed by atoms with Gasteiger partial charge in [-0.25, -0.2) is 0 Å². The number of amides is 1. The second-order valence-electron chi connectivity index (χ2n) is 5.71. The van der Waals surface area contributed by atoms with Crippen LogP contribution in [0.4, 0.5) is 0 Å². The molecule has 0 radical (unpaired) electrons. The maximum absolute atomic E-state index is 12.2. The van der Waals surface area contributed by atoms with Crippen LogP contribution in [0.25, 0.3) is 0 Å². The number of likely N-dealkylation sites (tertiary alicyclic amines) is 1. The Bertz CT molecular complexity index is 551. The van der Waals surface area contributed by atoms with E-state index in [2.05, 4.69) is 15.2 Å². The highest BCUT2D eigenvalue weighted by molar-refractivity contribution is 5.92. The van der Waals surface area contributed by atoms with Gasteiger partial charge in [-0.3, -0.25) is 14.5 Å². The maximum atomic E-state index is 12.2. The molecule has 2 atom stereocenters. The van der Waals surface area contributed by atoms with E-state index in [1.165, 1.54) is 25.3 Å². The first-order chi connectivity index (χ1) is 10.2. The van der Waals surface area contributed by atoms with Crippen molar-refractivity contribution in [3.8, 4) is 0 Å². The highest BCUT2D eigenvalue weighted by Crippen LogP contribution is 2.19. The predicted octanol–water partition coefficient (Wildman–Crippen LogP) is 0.358. The van der Waals surface area contributed by atoms with Gasteiger partial charge in [0.25, 0.3) is 5.91 Å². The van der Waals surface area contributed by atoms with Crippen LogP contribution >= 0.6 is 0 Å². The molecule has 0 bridgehead atoms. The van der Waals surface area contributed by atoms with Gasteiger partial charge in [0.1, 0.15) is 5.69 Å². The van der Waals surface area contributed by atoms with Crippen molar-refractivity contribution >= 4 is 5.91 Å². The maximum Gasteiger partial charge on any atom is 0.268 e. The number of nitrogens with one attached hydrogen (secondary N) is 2. The van der Waals surface area contributed by atoms with Gasteiger partial charge in [0.05, 0.1) is 25.3 Å². The fraction of sp³-hybridized carbons (Fsp3) is 0.600. The van der Waals surface area contributed by atoms with Crippen molar-refractivity contribution in [1.29, 1.82) is 0 Å². The molecule has 2 N–H and O–H groups in total. The Balaban J connectivity index is 1.65. The summed E-state index contributed by atoms with van der Waals surface area (Å²) in [7, 11) is 0. The predicted molar refractivity (Wildman–Crippen MR) is 78.3 cm³/mol. The zero-order chi connectivity index (χ0) is 14.7. The van der Waals surface area contributed by atoms with E-state index in [0.29, 0.717) is 18.9 Å². The SMILES string of the molecule is O=C(N[C@@H]1COC[C@H]1N1CCCCC1)c1cccc(=O)[nH]1. The van der Waals surface area contributed by atoms with Crippen LogP contribution in [0.15, 0.2) is 23.0 Å². The second kappa shape index (κ2) is 6.41. The standard InChI is InChI=1S/C15H21N3O3/c19-14-6-4-5-11(16-14)15(20)17-12-9-21-10-13(12)18-7-2-1-3-8-18/h4-6,12-13H,1-3,7-10H2,(H,16,19)(H,17,20)/t12-,13-/m1/s1. The summed E-state index contributed by atoms with van der Waals surface area (Å²) in [6.07, 6.45) is 3.71. The topological polar surface area (TPSA) is 74.4 Å². The van der Waals surface area contributed by atoms with E-state index in [1.54, 1.807) is 12.1 Å². The third kappa shape index (κ3) is 3.33. The highest BCUT2D eigenvalue weighted by atomic mass is 16.5. The molecule has 1 amide bonds. The van der Waals surface area contributed by atoms with Crippen LogP contribution in [0.3, 0.4) is 0 Å². The molecule has 3 heterocycles. The Morgan fingerprint density at radius 3 is 2.81 bits per heavy atom. The number of piperidine rings is 1. The molecule has 0 aliphatic carbocycles. The number of aromatic amines is 1. The molecule has 0 saturated carbocycles. The summed E-state index contributed by atoms with van der Waals surface area (Å²) in [6, 6.07) is 4.82. The van der Waals surface area contributed by atoms with Crippen molar-refractivity contribution in [3.05, 3.63) is 34.2 Å². The Morgan fingerprint density at radius 1 is 1.24 bits per heavy atom. The number of hydrogen-bond acceptors (Lipinski definition) is 4. The van der Waals surface area contributed by atoms with Gasteiger partial charge in [-0.05, 0) is 32.0 Å². The number of pyridine rings is 1.